The van der Waals surface area contributed by atoms with Crippen molar-refractivity contribution in [1.29, 1.82) is 0 Å². The van der Waals surface area contributed by atoms with Gasteiger partial charge < -0.3 is 14.2 Å². The predicted molar refractivity (Wildman–Crippen MR) is 145 cm³/mol. The summed E-state index contributed by atoms with van der Waals surface area (Å²) in [6, 6.07) is 22.4. The molecular formula is C30H36BrFO3. The first-order chi connectivity index (χ1) is 17.3. The molecule has 0 aliphatic rings. The minimum atomic E-state index is -0.221. The quantitative estimate of drug-likeness (QED) is 0.126. The smallest absolute Gasteiger partial charge is 0.161 e. The van der Waals surface area contributed by atoms with Crippen LogP contribution in [-0.2, 0) is 0 Å². The van der Waals surface area contributed by atoms with Crippen LogP contribution < -0.4 is 14.2 Å². The lowest BCUT2D eigenvalue weighted by Gasteiger charge is -2.12. The van der Waals surface area contributed by atoms with Crippen molar-refractivity contribution in [2.24, 2.45) is 0 Å². The van der Waals surface area contributed by atoms with E-state index in [2.05, 4.69) is 15.9 Å². The topological polar surface area (TPSA) is 27.7 Å². The van der Waals surface area contributed by atoms with Crippen molar-refractivity contribution in [2.75, 3.05) is 25.2 Å². The molecule has 0 bridgehead atoms. The van der Waals surface area contributed by atoms with Crippen LogP contribution in [0.1, 0.15) is 51.4 Å². The summed E-state index contributed by atoms with van der Waals surface area (Å²) in [4.78, 5) is 0. The molecule has 0 saturated heterocycles. The molecule has 0 atom stereocenters. The molecule has 0 N–H and O–H groups in total. The molecule has 0 fully saturated rings. The SMILES string of the molecule is Fc1ccc(-c2ccc(OCCCCCCOc3ccccc3OCCCCCCBr)cc2)cc1. The first kappa shape index (κ1) is 27.1. The molecule has 0 unspecified atom stereocenters. The third-order valence-corrected chi connectivity index (χ3v) is 6.29. The van der Waals surface area contributed by atoms with Crippen molar-refractivity contribution in [1.82, 2.24) is 0 Å². The minimum Gasteiger partial charge on any atom is -0.494 e. The number of halogens is 2. The van der Waals surface area contributed by atoms with E-state index >= 15 is 0 Å². The van der Waals surface area contributed by atoms with Crippen LogP contribution in [0.5, 0.6) is 17.2 Å². The lowest BCUT2D eigenvalue weighted by atomic mass is 10.1. The first-order valence-corrected chi connectivity index (χ1v) is 13.8. The lowest BCUT2D eigenvalue weighted by Crippen LogP contribution is -2.03. The van der Waals surface area contributed by atoms with Crippen LogP contribution in [0.2, 0.25) is 0 Å². The second kappa shape index (κ2) is 16.2. The van der Waals surface area contributed by atoms with E-state index in [-0.39, 0.29) is 5.82 Å². The fourth-order valence-corrected chi connectivity index (χ4v) is 4.13. The maximum atomic E-state index is 13.1. The lowest BCUT2D eigenvalue weighted by molar-refractivity contribution is 0.256. The fourth-order valence-electron chi connectivity index (χ4n) is 3.74. The molecule has 35 heavy (non-hydrogen) atoms. The predicted octanol–water partition coefficient (Wildman–Crippen LogP) is 8.85. The molecule has 0 amide bonds. The summed E-state index contributed by atoms with van der Waals surface area (Å²) >= 11 is 3.47. The summed E-state index contributed by atoms with van der Waals surface area (Å²) in [6.07, 6.45) is 8.94. The van der Waals surface area contributed by atoms with Gasteiger partial charge in [0, 0.05) is 5.33 Å². The van der Waals surface area contributed by atoms with Crippen LogP contribution in [0, 0.1) is 5.82 Å². The summed E-state index contributed by atoms with van der Waals surface area (Å²) in [5.41, 5.74) is 2.05. The van der Waals surface area contributed by atoms with Crippen LogP contribution in [0.3, 0.4) is 0 Å². The zero-order valence-corrected chi connectivity index (χ0v) is 22.0. The molecular weight excluding hydrogens is 507 g/mol. The zero-order valence-electron chi connectivity index (χ0n) is 20.4. The Labute approximate surface area is 217 Å². The molecule has 0 spiro atoms. The standard InChI is InChI=1S/C30H36BrFO3/c31-21-7-1-2-9-23-34-29-11-5-6-12-30(29)35-24-10-4-3-8-22-33-28-19-15-26(16-20-28)25-13-17-27(32)18-14-25/h5-6,11-20H,1-4,7-10,21-24H2. The second-order valence-corrected chi connectivity index (χ2v) is 9.33. The molecule has 3 rings (SSSR count). The summed E-state index contributed by atoms with van der Waals surface area (Å²) in [7, 11) is 0. The van der Waals surface area contributed by atoms with Crippen LogP contribution in [-0.4, -0.2) is 25.2 Å². The van der Waals surface area contributed by atoms with Crippen molar-refractivity contribution < 1.29 is 18.6 Å². The molecule has 3 aromatic carbocycles. The van der Waals surface area contributed by atoms with Crippen LogP contribution >= 0.6 is 15.9 Å². The molecule has 3 nitrogen and oxygen atoms in total. The molecule has 0 aliphatic carbocycles. The molecule has 0 radical (unpaired) electrons. The van der Waals surface area contributed by atoms with Crippen molar-refractivity contribution in [2.45, 2.75) is 51.4 Å². The second-order valence-electron chi connectivity index (χ2n) is 8.54. The number of alkyl halides is 1. The van der Waals surface area contributed by atoms with E-state index in [4.69, 9.17) is 14.2 Å². The van der Waals surface area contributed by atoms with Gasteiger partial charge in [0.2, 0.25) is 0 Å². The molecule has 5 heteroatoms. The number of benzene rings is 3. The van der Waals surface area contributed by atoms with Crippen molar-refractivity contribution >= 4 is 15.9 Å². The van der Waals surface area contributed by atoms with E-state index in [1.807, 2.05) is 48.5 Å². The average Bonchev–Trinajstić information content (AvgIpc) is 2.89. The van der Waals surface area contributed by atoms with E-state index in [9.17, 15) is 4.39 Å². The van der Waals surface area contributed by atoms with Gasteiger partial charge in [-0.2, -0.15) is 0 Å². The Bertz CT molecular complexity index is 960. The van der Waals surface area contributed by atoms with Gasteiger partial charge in [0.1, 0.15) is 11.6 Å². The monoisotopic (exact) mass is 542 g/mol. The number of ether oxygens (including phenoxy) is 3. The summed E-state index contributed by atoms with van der Waals surface area (Å²) in [6.45, 7) is 2.12. The van der Waals surface area contributed by atoms with E-state index in [1.54, 1.807) is 12.1 Å². The van der Waals surface area contributed by atoms with Crippen LogP contribution in [0.25, 0.3) is 11.1 Å². The maximum absolute atomic E-state index is 13.1. The fraction of sp³-hybridized carbons (Fsp3) is 0.400. The number of unbranched alkanes of at least 4 members (excludes halogenated alkanes) is 6. The average molecular weight is 544 g/mol. The molecule has 0 aliphatic heterocycles. The van der Waals surface area contributed by atoms with Gasteiger partial charge in [0.15, 0.2) is 11.5 Å². The van der Waals surface area contributed by atoms with E-state index in [1.165, 1.54) is 31.4 Å². The van der Waals surface area contributed by atoms with Gasteiger partial charge in [-0.05, 0) is 86.1 Å². The third-order valence-electron chi connectivity index (χ3n) is 5.73. The molecule has 0 aromatic heterocycles. The van der Waals surface area contributed by atoms with Gasteiger partial charge in [-0.15, -0.1) is 0 Å². The minimum absolute atomic E-state index is 0.221. The Morgan fingerprint density at radius 2 is 0.971 bits per heavy atom. The van der Waals surface area contributed by atoms with Gasteiger partial charge >= 0.3 is 0 Å². The van der Waals surface area contributed by atoms with Crippen molar-refractivity contribution in [3.8, 4) is 28.4 Å². The summed E-state index contributed by atoms with van der Waals surface area (Å²) < 4.78 is 30.9. The highest BCUT2D eigenvalue weighted by Gasteiger charge is 2.04. The molecule has 0 heterocycles. The Balaban J connectivity index is 1.25. The van der Waals surface area contributed by atoms with E-state index in [0.29, 0.717) is 13.2 Å². The number of rotatable bonds is 17. The Kier molecular flexibility index (Phi) is 12.5. The normalized spacial score (nSPS) is 10.8. The van der Waals surface area contributed by atoms with Crippen molar-refractivity contribution in [3.05, 3.63) is 78.6 Å². The highest BCUT2D eigenvalue weighted by molar-refractivity contribution is 9.09. The highest BCUT2D eigenvalue weighted by atomic mass is 79.9. The maximum Gasteiger partial charge on any atom is 0.161 e. The number of hydrogen-bond acceptors (Lipinski definition) is 3. The van der Waals surface area contributed by atoms with Gasteiger partial charge in [-0.3, -0.25) is 0 Å². The first-order valence-electron chi connectivity index (χ1n) is 12.7. The van der Waals surface area contributed by atoms with E-state index in [0.717, 1.165) is 72.4 Å². The Morgan fingerprint density at radius 3 is 1.49 bits per heavy atom. The van der Waals surface area contributed by atoms with Gasteiger partial charge in [0.25, 0.3) is 0 Å². The van der Waals surface area contributed by atoms with Crippen molar-refractivity contribution in [3.63, 3.8) is 0 Å². The van der Waals surface area contributed by atoms with E-state index < -0.39 is 0 Å². The summed E-state index contributed by atoms with van der Waals surface area (Å²) in [5.74, 6) is 2.31. The van der Waals surface area contributed by atoms with Gasteiger partial charge in [-0.25, -0.2) is 4.39 Å². The van der Waals surface area contributed by atoms with Gasteiger partial charge in [0.05, 0.1) is 19.8 Å². The largest absolute Gasteiger partial charge is 0.494 e. The molecule has 188 valence electrons. The van der Waals surface area contributed by atoms with Gasteiger partial charge in [-0.1, -0.05) is 65.2 Å². The molecule has 0 saturated carbocycles. The van der Waals surface area contributed by atoms with Crippen LogP contribution in [0.15, 0.2) is 72.8 Å². The third kappa shape index (κ3) is 10.3. The number of hydrogen-bond donors (Lipinski definition) is 0. The zero-order chi connectivity index (χ0) is 24.6. The Hall–Kier alpha value is -2.53. The number of para-hydroxylation sites is 2. The Morgan fingerprint density at radius 1 is 0.514 bits per heavy atom. The molecule has 3 aromatic rings. The highest BCUT2D eigenvalue weighted by Crippen LogP contribution is 2.27. The van der Waals surface area contributed by atoms with Crippen LogP contribution in [0.4, 0.5) is 4.39 Å². The summed E-state index contributed by atoms with van der Waals surface area (Å²) in [5, 5.41) is 1.07.